The van der Waals surface area contributed by atoms with Crippen LogP contribution in [0.4, 0.5) is 0 Å². The summed E-state index contributed by atoms with van der Waals surface area (Å²) in [6.45, 7) is 2.08. The minimum atomic E-state index is 0.832. The third kappa shape index (κ3) is 1.07. The summed E-state index contributed by atoms with van der Waals surface area (Å²) in [6.07, 6.45) is 2.73. The molecule has 1 aliphatic rings. The average molecular weight is 186 g/mol. The number of aryl methyl sites for hydroxylation is 2. The van der Waals surface area contributed by atoms with E-state index >= 15 is 0 Å². The van der Waals surface area contributed by atoms with Gasteiger partial charge in [-0.15, -0.1) is 0 Å². The Balaban J connectivity index is 2.26. The van der Waals surface area contributed by atoms with E-state index in [-0.39, 0.29) is 0 Å². The first-order valence-corrected chi connectivity index (χ1v) is 5.19. The van der Waals surface area contributed by atoms with Crippen LogP contribution in [0.25, 0.3) is 10.9 Å². The van der Waals surface area contributed by atoms with Gasteiger partial charge in [0.2, 0.25) is 0 Å². The summed E-state index contributed by atoms with van der Waals surface area (Å²) in [5, 5.41) is 5.74. The maximum absolute atomic E-state index is 4.43. The fourth-order valence-corrected chi connectivity index (χ4v) is 2.13. The third-order valence-electron chi connectivity index (χ3n) is 3.11. The minimum absolute atomic E-state index is 0.832. The van der Waals surface area contributed by atoms with Gasteiger partial charge in [0, 0.05) is 12.4 Å². The number of benzene rings is 1. The molecule has 0 amide bonds. The third-order valence-corrected chi connectivity index (χ3v) is 3.11. The first-order valence-electron chi connectivity index (χ1n) is 5.19. The van der Waals surface area contributed by atoms with E-state index in [0.29, 0.717) is 0 Å². The lowest BCUT2D eigenvalue weighted by atomic mass is 10.1. The first kappa shape index (κ1) is 8.04. The van der Waals surface area contributed by atoms with Crippen LogP contribution in [-0.4, -0.2) is 9.78 Å². The Bertz CT molecular complexity index is 492. The number of hydrogen-bond donors (Lipinski definition) is 0. The summed E-state index contributed by atoms with van der Waals surface area (Å²) in [4.78, 5) is 0. The van der Waals surface area contributed by atoms with E-state index in [1.807, 2.05) is 11.7 Å². The van der Waals surface area contributed by atoms with Crippen LogP contribution in [-0.2, 0) is 7.05 Å². The number of aromatic nitrogens is 2. The van der Waals surface area contributed by atoms with Crippen LogP contribution in [0.2, 0.25) is 0 Å². The highest BCUT2D eigenvalue weighted by Gasteiger charge is 2.23. The largest absolute Gasteiger partial charge is 0.268 e. The van der Waals surface area contributed by atoms with Crippen molar-refractivity contribution in [3.63, 3.8) is 0 Å². The molecule has 0 atom stereocenters. The van der Waals surface area contributed by atoms with Gasteiger partial charge in [-0.05, 0) is 43.4 Å². The van der Waals surface area contributed by atoms with Crippen molar-refractivity contribution in [3.05, 3.63) is 29.5 Å². The molecule has 0 unspecified atom stereocenters. The fraction of sp³-hybridized carbons (Fsp3) is 0.417. The summed E-state index contributed by atoms with van der Waals surface area (Å²) in [6, 6.07) is 6.76. The summed E-state index contributed by atoms with van der Waals surface area (Å²) in [7, 11) is 2.01. The van der Waals surface area contributed by atoms with Crippen molar-refractivity contribution in [2.75, 3.05) is 0 Å². The van der Waals surface area contributed by atoms with Gasteiger partial charge in [-0.1, -0.05) is 6.07 Å². The van der Waals surface area contributed by atoms with Crippen molar-refractivity contribution in [3.8, 4) is 0 Å². The first-order chi connectivity index (χ1) is 6.75. The van der Waals surface area contributed by atoms with Crippen molar-refractivity contribution in [2.45, 2.75) is 25.7 Å². The molecule has 1 saturated carbocycles. The molecule has 2 aromatic rings. The highest BCUT2D eigenvalue weighted by atomic mass is 15.3. The quantitative estimate of drug-likeness (QED) is 0.669. The van der Waals surface area contributed by atoms with Gasteiger partial charge in [0.1, 0.15) is 0 Å². The summed E-state index contributed by atoms with van der Waals surface area (Å²) >= 11 is 0. The molecule has 3 rings (SSSR count). The molecule has 2 heteroatoms. The van der Waals surface area contributed by atoms with E-state index in [1.165, 1.54) is 29.3 Å². The summed E-state index contributed by atoms with van der Waals surface area (Å²) in [5.41, 5.74) is 3.88. The van der Waals surface area contributed by atoms with Crippen LogP contribution in [0.15, 0.2) is 18.2 Å². The molecule has 0 radical (unpaired) electrons. The zero-order valence-electron chi connectivity index (χ0n) is 8.62. The fourth-order valence-electron chi connectivity index (χ4n) is 2.13. The lowest BCUT2D eigenvalue weighted by Gasteiger charge is -1.98. The molecular formula is C12H14N2. The molecule has 1 aromatic carbocycles. The summed E-state index contributed by atoms with van der Waals surface area (Å²) in [5.74, 6) is 0.832. The van der Waals surface area contributed by atoms with Gasteiger partial charge in [-0.25, -0.2) is 0 Å². The summed E-state index contributed by atoms with van der Waals surface area (Å²) < 4.78 is 1.96. The van der Waals surface area contributed by atoms with Crippen LogP contribution < -0.4 is 0 Å². The molecule has 1 aliphatic carbocycles. The van der Waals surface area contributed by atoms with Crippen molar-refractivity contribution in [1.29, 1.82) is 0 Å². The Morgan fingerprint density at radius 2 is 2.14 bits per heavy atom. The Labute approximate surface area is 83.5 Å². The maximum Gasteiger partial charge on any atom is 0.0682 e. The Kier molecular flexibility index (Phi) is 1.49. The molecule has 2 nitrogen and oxygen atoms in total. The molecule has 0 bridgehead atoms. The standard InChI is InChI=1S/C12H14N2/c1-8-11-7-10(9-3-4-9)5-6-12(11)14(2)13-8/h5-7,9H,3-4H2,1-2H3. The second-order valence-electron chi connectivity index (χ2n) is 4.26. The zero-order chi connectivity index (χ0) is 9.71. The van der Waals surface area contributed by atoms with Gasteiger partial charge < -0.3 is 0 Å². The molecule has 72 valence electrons. The zero-order valence-corrected chi connectivity index (χ0v) is 8.62. The maximum atomic E-state index is 4.43. The van der Waals surface area contributed by atoms with Crippen LogP contribution in [0.5, 0.6) is 0 Å². The van der Waals surface area contributed by atoms with Crippen LogP contribution >= 0.6 is 0 Å². The highest BCUT2D eigenvalue weighted by Crippen LogP contribution is 2.41. The molecule has 1 fully saturated rings. The van der Waals surface area contributed by atoms with Crippen LogP contribution in [0.1, 0.15) is 30.0 Å². The second-order valence-corrected chi connectivity index (χ2v) is 4.26. The molecule has 0 aliphatic heterocycles. The topological polar surface area (TPSA) is 17.8 Å². The molecule has 0 saturated heterocycles. The number of nitrogens with zero attached hydrogens (tertiary/aromatic N) is 2. The Morgan fingerprint density at radius 1 is 1.36 bits per heavy atom. The van der Waals surface area contributed by atoms with E-state index in [1.54, 1.807) is 0 Å². The van der Waals surface area contributed by atoms with Crippen LogP contribution in [0, 0.1) is 6.92 Å². The lowest BCUT2D eigenvalue weighted by molar-refractivity contribution is 0.783. The molecule has 0 N–H and O–H groups in total. The number of fused-ring (bicyclic) bond motifs is 1. The Hall–Kier alpha value is -1.31. The normalized spacial score (nSPS) is 16.4. The molecule has 1 aromatic heterocycles. The van der Waals surface area contributed by atoms with E-state index in [9.17, 15) is 0 Å². The van der Waals surface area contributed by atoms with Gasteiger partial charge in [0.15, 0.2) is 0 Å². The monoisotopic (exact) mass is 186 g/mol. The lowest BCUT2D eigenvalue weighted by Crippen LogP contribution is -1.89. The smallest absolute Gasteiger partial charge is 0.0682 e. The van der Waals surface area contributed by atoms with Crippen molar-refractivity contribution < 1.29 is 0 Å². The van der Waals surface area contributed by atoms with Crippen LogP contribution in [0.3, 0.4) is 0 Å². The molecule has 1 heterocycles. The van der Waals surface area contributed by atoms with Crippen molar-refractivity contribution >= 4 is 10.9 Å². The van der Waals surface area contributed by atoms with Gasteiger partial charge >= 0.3 is 0 Å². The average Bonchev–Trinajstić information content (AvgIpc) is 2.96. The number of hydrogen-bond acceptors (Lipinski definition) is 1. The second kappa shape index (κ2) is 2.59. The van der Waals surface area contributed by atoms with Gasteiger partial charge in [-0.2, -0.15) is 5.10 Å². The SMILES string of the molecule is Cc1nn(C)c2ccc(C3CC3)cc12. The number of rotatable bonds is 1. The van der Waals surface area contributed by atoms with Gasteiger partial charge in [0.05, 0.1) is 11.2 Å². The Morgan fingerprint density at radius 3 is 2.86 bits per heavy atom. The van der Waals surface area contributed by atoms with Crippen molar-refractivity contribution in [1.82, 2.24) is 9.78 Å². The minimum Gasteiger partial charge on any atom is -0.268 e. The van der Waals surface area contributed by atoms with Gasteiger partial charge in [0.25, 0.3) is 0 Å². The molecule has 0 spiro atoms. The molecular weight excluding hydrogens is 172 g/mol. The van der Waals surface area contributed by atoms with E-state index in [2.05, 4.69) is 30.2 Å². The highest BCUT2D eigenvalue weighted by molar-refractivity contribution is 5.82. The van der Waals surface area contributed by atoms with E-state index in [4.69, 9.17) is 0 Å². The predicted molar refractivity (Wildman–Crippen MR) is 57.4 cm³/mol. The molecule has 14 heavy (non-hydrogen) atoms. The van der Waals surface area contributed by atoms with E-state index < -0.39 is 0 Å². The van der Waals surface area contributed by atoms with Gasteiger partial charge in [-0.3, -0.25) is 4.68 Å². The van der Waals surface area contributed by atoms with Crippen molar-refractivity contribution in [2.24, 2.45) is 7.05 Å². The predicted octanol–water partition coefficient (Wildman–Crippen LogP) is 2.76. The van der Waals surface area contributed by atoms with E-state index in [0.717, 1.165) is 11.6 Å².